The van der Waals surface area contributed by atoms with Gasteiger partial charge in [0, 0.05) is 5.41 Å². The molecule has 2 aromatic rings. The summed E-state index contributed by atoms with van der Waals surface area (Å²) in [6.45, 7) is 8.39. The molecule has 2 nitrogen and oxygen atoms in total. The molecule has 0 bridgehead atoms. The van der Waals surface area contributed by atoms with Crippen LogP contribution in [0.15, 0.2) is 54.6 Å². The third kappa shape index (κ3) is 2.65. The summed E-state index contributed by atoms with van der Waals surface area (Å²) in [5, 5.41) is 0. The fourth-order valence-corrected chi connectivity index (χ4v) is 3.97. The molecule has 130 valence electrons. The molecule has 1 heterocycles. The van der Waals surface area contributed by atoms with Gasteiger partial charge in [-0.1, -0.05) is 61.0 Å². The van der Waals surface area contributed by atoms with Crippen molar-refractivity contribution in [3.8, 4) is 0 Å². The molecule has 25 heavy (non-hydrogen) atoms. The molecule has 1 saturated carbocycles. The zero-order valence-corrected chi connectivity index (χ0v) is 15.7. The van der Waals surface area contributed by atoms with E-state index < -0.39 is 0 Å². The summed E-state index contributed by atoms with van der Waals surface area (Å²) in [6, 6.07) is 19.8. The van der Waals surface area contributed by atoms with Crippen LogP contribution in [0, 0.1) is 0 Å². The van der Waals surface area contributed by atoms with E-state index in [4.69, 9.17) is 9.31 Å². The highest BCUT2D eigenvalue weighted by molar-refractivity contribution is 6.62. The van der Waals surface area contributed by atoms with Crippen molar-refractivity contribution in [2.45, 2.75) is 63.6 Å². The second-order valence-corrected chi connectivity index (χ2v) is 8.51. The van der Waals surface area contributed by atoms with Gasteiger partial charge >= 0.3 is 7.12 Å². The van der Waals surface area contributed by atoms with E-state index >= 15 is 0 Å². The van der Waals surface area contributed by atoms with E-state index in [1.165, 1.54) is 30.4 Å². The van der Waals surface area contributed by atoms with Gasteiger partial charge in [0.15, 0.2) is 0 Å². The SMILES string of the molecule is CC1(C)OB(c2ccc(C3(c4ccccc4)CCC3)cc2)OC1(C)C. The van der Waals surface area contributed by atoms with Gasteiger partial charge in [0.1, 0.15) is 0 Å². The number of hydrogen-bond acceptors (Lipinski definition) is 2. The quantitative estimate of drug-likeness (QED) is 0.772. The predicted molar refractivity (Wildman–Crippen MR) is 103 cm³/mol. The largest absolute Gasteiger partial charge is 0.494 e. The van der Waals surface area contributed by atoms with Crippen molar-refractivity contribution in [3.63, 3.8) is 0 Å². The summed E-state index contributed by atoms with van der Waals surface area (Å²) in [5.41, 5.74) is 3.54. The van der Waals surface area contributed by atoms with Gasteiger partial charge in [-0.15, -0.1) is 0 Å². The van der Waals surface area contributed by atoms with Crippen molar-refractivity contribution >= 4 is 12.6 Å². The molecule has 1 saturated heterocycles. The second kappa shape index (κ2) is 5.72. The summed E-state index contributed by atoms with van der Waals surface area (Å²) in [7, 11) is -0.284. The summed E-state index contributed by atoms with van der Waals surface area (Å²) >= 11 is 0. The third-order valence-electron chi connectivity index (χ3n) is 6.52. The zero-order valence-electron chi connectivity index (χ0n) is 15.7. The Morgan fingerprint density at radius 3 is 1.72 bits per heavy atom. The van der Waals surface area contributed by atoms with Crippen molar-refractivity contribution in [1.82, 2.24) is 0 Å². The Morgan fingerprint density at radius 2 is 1.24 bits per heavy atom. The molecule has 3 heteroatoms. The maximum absolute atomic E-state index is 6.18. The normalized spacial score (nSPS) is 23.3. The molecule has 2 aliphatic rings. The van der Waals surface area contributed by atoms with Crippen molar-refractivity contribution in [3.05, 3.63) is 65.7 Å². The first-order valence-electron chi connectivity index (χ1n) is 9.36. The molecule has 0 aromatic heterocycles. The molecule has 0 amide bonds. The predicted octanol–water partition coefficient (Wildman–Crippen LogP) is 4.46. The van der Waals surface area contributed by atoms with Crippen LogP contribution in [0.25, 0.3) is 0 Å². The maximum atomic E-state index is 6.18. The van der Waals surface area contributed by atoms with Crippen molar-refractivity contribution in [2.24, 2.45) is 0 Å². The highest BCUT2D eigenvalue weighted by Crippen LogP contribution is 2.48. The molecular weight excluding hydrogens is 307 g/mol. The van der Waals surface area contributed by atoms with E-state index in [0.717, 1.165) is 5.46 Å². The first kappa shape index (κ1) is 16.9. The second-order valence-electron chi connectivity index (χ2n) is 8.51. The highest BCUT2D eigenvalue weighted by atomic mass is 16.7. The Kier molecular flexibility index (Phi) is 3.86. The summed E-state index contributed by atoms with van der Waals surface area (Å²) in [6.07, 6.45) is 3.76. The van der Waals surface area contributed by atoms with Crippen LogP contribution in [0.4, 0.5) is 0 Å². The van der Waals surface area contributed by atoms with Crippen LogP contribution in [0.1, 0.15) is 58.1 Å². The molecule has 0 N–H and O–H groups in total. The van der Waals surface area contributed by atoms with E-state index in [1.807, 2.05) is 0 Å². The molecule has 0 unspecified atom stereocenters. The zero-order chi connectivity index (χ0) is 17.7. The lowest BCUT2D eigenvalue weighted by Gasteiger charge is -2.43. The molecule has 0 atom stereocenters. The van der Waals surface area contributed by atoms with Crippen LogP contribution in [-0.2, 0) is 14.7 Å². The van der Waals surface area contributed by atoms with E-state index in [2.05, 4.69) is 82.3 Å². The van der Waals surface area contributed by atoms with E-state index in [1.54, 1.807) is 0 Å². The highest BCUT2D eigenvalue weighted by Gasteiger charge is 2.51. The minimum Gasteiger partial charge on any atom is -0.399 e. The van der Waals surface area contributed by atoms with Crippen LogP contribution >= 0.6 is 0 Å². The van der Waals surface area contributed by atoms with Gasteiger partial charge in [-0.05, 0) is 57.1 Å². The Bertz CT molecular complexity index is 729. The molecular formula is C22H27BO2. The van der Waals surface area contributed by atoms with E-state index in [9.17, 15) is 0 Å². The van der Waals surface area contributed by atoms with Gasteiger partial charge in [-0.2, -0.15) is 0 Å². The average molecular weight is 334 g/mol. The third-order valence-corrected chi connectivity index (χ3v) is 6.52. The number of rotatable bonds is 3. The van der Waals surface area contributed by atoms with Crippen LogP contribution in [0.2, 0.25) is 0 Å². The van der Waals surface area contributed by atoms with Gasteiger partial charge in [-0.25, -0.2) is 0 Å². The number of hydrogen-bond donors (Lipinski definition) is 0. The lowest BCUT2D eigenvalue weighted by molar-refractivity contribution is 0.00578. The summed E-state index contributed by atoms with van der Waals surface area (Å²) in [5.74, 6) is 0. The molecule has 0 spiro atoms. The smallest absolute Gasteiger partial charge is 0.399 e. The van der Waals surface area contributed by atoms with Gasteiger partial charge < -0.3 is 9.31 Å². The molecule has 0 radical (unpaired) electrons. The molecule has 4 rings (SSSR count). The average Bonchev–Trinajstić information content (AvgIpc) is 2.76. The topological polar surface area (TPSA) is 18.5 Å². The van der Waals surface area contributed by atoms with Crippen molar-refractivity contribution in [2.75, 3.05) is 0 Å². The minimum absolute atomic E-state index is 0.190. The van der Waals surface area contributed by atoms with Crippen LogP contribution in [0.5, 0.6) is 0 Å². The number of benzene rings is 2. The fourth-order valence-electron chi connectivity index (χ4n) is 3.97. The Hall–Kier alpha value is -1.58. The molecule has 2 fully saturated rings. The van der Waals surface area contributed by atoms with Crippen molar-refractivity contribution in [1.29, 1.82) is 0 Å². The lowest BCUT2D eigenvalue weighted by Crippen LogP contribution is -2.41. The monoisotopic (exact) mass is 334 g/mol. The summed E-state index contributed by atoms with van der Waals surface area (Å²) in [4.78, 5) is 0. The van der Waals surface area contributed by atoms with Crippen LogP contribution < -0.4 is 5.46 Å². The molecule has 2 aromatic carbocycles. The first-order valence-corrected chi connectivity index (χ1v) is 9.36. The van der Waals surface area contributed by atoms with E-state index in [0.29, 0.717) is 0 Å². The van der Waals surface area contributed by atoms with Crippen LogP contribution in [0.3, 0.4) is 0 Å². The van der Waals surface area contributed by atoms with Crippen LogP contribution in [-0.4, -0.2) is 18.3 Å². The van der Waals surface area contributed by atoms with Gasteiger partial charge in [0.25, 0.3) is 0 Å². The Labute approximate surface area is 151 Å². The fraction of sp³-hybridized carbons (Fsp3) is 0.455. The standard InChI is InChI=1S/C22H27BO2/c1-20(2)21(3,4)25-23(24-20)19-13-11-18(12-14-19)22(15-8-16-22)17-9-6-5-7-10-17/h5-7,9-14H,8,15-16H2,1-4H3. The van der Waals surface area contributed by atoms with Gasteiger partial charge in [-0.3, -0.25) is 0 Å². The Morgan fingerprint density at radius 1 is 0.720 bits per heavy atom. The Balaban J connectivity index is 1.61. The van der Waals surface area contributed by atoms with E-state index in [-0.39, 0.29) is 23.7 Å². The summed E-state index contributed by atoms with van der Waals surface area (Å²) < 4.78 is 12.4. The van der Waals surface area contributed by atoms with Gasteiger partial charge in [0.05, 0.1) is 11.2 Å². The lowest BCUT2D eigenvalue weighted by atomic mass is 9.60. The molecule has 1 aliphatic heterocycles. The van der Waals surface area contributed by atoms with Crippen molar-refractivity contribution < 1.29 is 9.31 Å². The van der Waals surface area contributed by atoms with Gasteiger partial charge in [0.2, 0.25) is 0 Å². The first-order chi connectivity index (χ1) is 11.8. The molecule has 1 aliphatic carbocycles. The maximum Gasteiger partial charge on any atom is 0.494 e. The minimum atomic E-state index is -0.296.